The van der Waals surface area contributed by atoms with Crippen molar-refractivity contribution in [2.75, 3.05) is 0 Å². The van der Waals surface area contributed by atoms with Gasteiger partial charge in [-0.3, -0.25) is 9.59 Å². The molecule has 1 saturated heterocycles. The summed E-state index contributed by atoms with van der Waals surface area (Å²) in [6.45, 7) is 9.19. The first-order chi connectivity index (χ1) is 13.3. The monoisotopic (exact) mass is 388 g/mol. The number of hydrogen-bond acceptors (Lipinski definition) is 6. The number of esters is 2. The molecule has 1 unspecified atom stereocenters. The normalized spacial score (nSPS) is 29.6. The third kappa shape index (κ3) is 4.55. The minimum absolute atomic E-state index is 0.0636. The van der Waals surface area contributed by atoms with Gasteiger partial charge in [-0.15, -0.1) is 0 Å². The van der Waals surface area contributed by atoms with Crippen molar-refractivity contribution in [2.45, 2.75) is 65.3 Å². The van der Waals surface area contributed by atoms with Gasteiger partial charge in [0, 0.05) is 31.7 Å². The zero-order valence-corrected chi connectivity index (χ0v) is 16.7. The topological polar surface area (TPSA) is 86.0 Å². The molecular weight excluding hydrogens is 360 g/mol. The van der Waals surface area contributed by atoms with Gasteiger partial charge in [-0.25, -0.2) is 0 Å². The van der Waals surface area contributed by atoms with Crippen LogP contribution < -0.4 is 0 Å². The molecule has 28 heavy (non-hydrogen) atoms. The highest BCUT2D eigenvalue weighted by molar-refractivity contribution is 5.76. The number of fused-ring (bicyclic) bond motifs is 4. The second-order valence-corrected chi connectivity index (χ2v) is 7.98. The third-order valence-corrected chi connectivity index (χ3v) is 5.54. The minimum Gasteiger partial charge on any atom is -0.462 e. The molecule has 4 atom stereocenters. The Balaban J connectivity index is 2.01. The SMILES string of the molecule is C=C(C)[C@@H]1Cc2oc(cc2CO)/C=C(\C)C[C@@H]2CC(C(=O)O2)[C@H](OC(C)=O)C1. The Kier molecular flexibility index (Phi) is 6.08. The van der Waals surface area contributed by atoms with Gasteiger partial charge in [-0.05, 0) is 38.3 Å². The lowest BCUT2D eigenvalue weighted by molar-refractivity contribution is -0.156. The molecule has 1 N–H and O–H groups in total. The van der Waals surface area contributed by atoms with E-state index >= 15 is 0 Å². The predicted octanol–water partition coefficient (Wildman–Crippen LogP) is 3.57. The van der Waals surface area contributed by atoms with Gasteiger partial charge in [-0.1, -0.05) is 17.7 Å². The molecule has 0 saturated carbocycles. The van der Waals surface area contributed by atoms with Crippen LogP contribution in [0.25, 0.3) is 6.08 Å². The highest BCUT2D eigenvalue weighted by Crippen LogP contribution is 2.36. The molecule has 1 aromatic heterocycles. The largest absolute Gasteiger partial charge is 0.462 e. The first-order valence-corrected chi connectivity index (χ1v) is 9.69. The molecule has 2 aliphatic rings. The number of furan rings is 1. The Hall–Kier alpha value is -2.34. The van der Waals surface area contributed by atoms with Crippen molar-refractivity contribution in [1.29, 1.82) is 0 Å². The van der Waals surface area contributed by atoms with Gasteiger partial charge in [0.25, 0.3) is 0 Å². The number of aliphatic hydroxyl groups excluding tert-OH is 1. The van der Waals surface area contributed by atoms with E-state index in [0.717, 1.165) is 16.7 Å². The van der Waals surface area contributed by atoms with Gasteiger partial charge < -0.3 is 19.0 Å². The van der Waals surface area contributed by atoms with Gasteiger partial charge in [0.05, 0.1) is 12.5 Å². The van der Waals surface area contributed by atoms with Crippen molar-refractivity contribution in [3.8, 4) is 0 Å². The minimum atomic E-state index is -0.575. The zero-order valence-electron chi connectivity index (χ0n) is 16.7. The maximum atomic E-state index is 12.5. The summed E-state index contributed by atoms with van der Waals surface area (Å²) in [5.41, 5.74) is 2.66. The molecule has 0 radical (unpaired) electrons. The number of carbonyl (C=O) groups is 2. The maximum Gasteiger partial charge on any atom is 0.313 e. The second-order valence-electron chi connectivity index (χ2n) is 7.98. The lowest BCUT2D eigenvalue weighted by Crippen LogP contribution is -2.32. The van der Waals surface area contributed by atoms with E-state index in [0.29, 0.717) is 37.2 Å². The van der Waals surface area contributed by atoms with Crippen LogP contribution >= 0.6 is 0 Å². The van der Waals surface area contributed by atoms with E-state index in [-0.39, 0.29) is 24.6 Å². The molecule has 2 aliphatic heterocycles. The van der Waals surface area contributed by atoms with Crippen molar-refractivity contribution >= 4 is 18.0 Å². The second kappa shape index (κ2) is 8.35. The quantitative estimate of drug-likeness (QED) is 0.629. The summed E-state index contributed by atoms with van der Waals surface area (Å²) in [4.78, 5) is 24.2. The number of allylic oxidation sites excluding steroid dienone is 1. The highest BCUT2D eigenvalue weighted by Gasteiger charge is 2.42. The van der Waals surface area contributed by atoms with Crippen LogP contribution in [0.15, 0.2) is 28.2 Å². The standard InChI is InChI=1S/C22H28O6/c1-12(2)15-8-20-16(11-23)7-17(27-20)5-13(3)6-18-10-19(22(25)28-18)21(9-15)26-14(4)24/h5,7,15,18-19,21,23H,1,6,8-11H2,2-4H3/b13-5+/t15-,18-,19?,21-/m1/s1. The molecular formula is C22H28O6. The van der Waals surface area contributed by atoms with E-state index in [4.69, 9.17) is 13.9 Å². The number of ether oxygens (including phenoxy) is 2. The number of aliphatic hydroxyl groups is 1. The Morgan fingerprint density at radius 3 is 2.71 bits per heavy atom. The molecule has 3 heterocycles. The van der Waals surface area contributed by atoms with Gasteiger partial charge in [-0.2, -0.15) is 0 Å². The molecule has 0 aliphatic carbocycles. The lowest BCUT2D eigenvalue weighted by Gasteiger charge is -2.26. The van der Waals surface area contributed by atoms with Crippen molar-refractivity contribution in [2.24, 2.45) is 11.8 Å². The molecule has 0 spiro atoms. The molecule has 0 amide bonds. The average Bonchev–Trinajstić information content (AvgIpc) is 3.15. The third-order valence-electron chi connectivity index (χ3n) is 5.54. The Morgan fingerprint density at radius 2 is 2.07 bits per heavy atom. The van der Waals surface area contributed by atoms with Crippen molar-refractivity contribution in [3.63, 3.8) is 0 Å². The van der Waals surface area contributed by atoms with Crippen LogP contribution in [-0.2, 0) is 32.1 Å². The summed E-state index contributed by atoms with van der Waals surface area (Å²) >= 11 is 0. The first kappa shape index (κ1) is 20.4. The maximum absolute atomic E-state index is 12.5. The van der Waals surface area contributed by atoms with E-state index in [1.54, 1.807) is 0 Å². The highest BCUT2D eigenvalue weighted by atomic mass is 16.6. The van der Waals surface area contributed by atoms with E-state index < -0.39 is 18.0 Å². The Bertz CT molecular complexity index is 802. The van der Waals surface area contributed by atoms with Crippen LogP contribution in [-0.4, -0.2) is 29.3 Å². The molecule has 4 bridgehead atoms. The Labute approximate surface area is 165 Å². The van der Waals surface area contributed by atoms with Gasteiger partial charge in [0.1, 0.15) is 23.7 Å². The summed E-state index contributed by atoms with van der Waals surface area (Å²) in [6, 6.07) is 1.84. The summed E-state index contributed by atoms with van der Waals surface area (Å²) < 4.78 is 17.1. The van der Waals surface area contributed by atoms with Crippen LogP contribution in [0.2, 0.25) is 0 Å². The first-order valence-electron chi connectivity index (χ1n) is 9.69. The predicted molar refractivity (Wildman–Crippen MR) is 103 cm³/mol. The zero-order chi connectivity index (χ0) is 20.4. The van der Waals surface area contributed by atoms with Gasteiger partial charge in [0.2, 0.25) is 0 Å². The molecule has 3 rings (SSSR count). The fourth-order valence-corrected chi connectivity index (χ4v) is 4.11. The van der Waals surface area contributed by atoms with Crippen molar-refractivity contribution < 1.29 is 28.6 Å². The molecule has 1 fully saturated rings. The van der Waals surface area contributed by atoms with Crippen molar-refractivity contribution in [1.82, 2.24) is 0 Å². The summed E-state index contributed by atoms with van der Waals surface area (Å²) in [6.07, 6.45) is 3.17. The van der Waals surface area contributed by atoms with E-state index in [9.17, 15) is 14.7 Å². The average molecular weight is 388 g/mol. The molecule has 6 nitrogen and oxygen atoms in total. The lowest BCUT2D eigenvalue weighted by atomic mass is 9.84. The van der Waals surface area contributed by atoms with Crippen LogP contribution in [0.4, 0.5) is 0 Å². The van der Waals surface area contributed by atoms with Gasteiger partial charge >= 0.3 is 11.9 Å². The van der Waals surface area contributed by atoms with E-state index in [2.05, 4.69) is 6.58 Å². The number of rotatable bonds is 3. The van der Waals surface area contributed by atoms with Crippen LogP contribution in [0.5, 0.6) is 0 Å². The molecule has 0 aromatic carbocycles. The Morgan fingerprint density at radius 1 is 1.32 bits per heavy atom. The van der Waals surface area contributed by atoms with Gasteiger partial charge in [0.15, 0.2) is 0 Å². The van der Waals surface area contributed by atoms with Crippen LogP contribution in [0.1, 0.15) is 57.1 Å². The molecule has 6 heteroatoms. The smallest absolute Gasteiger partial charge is 0.313 e. The summed E-state index contributed by atoms with van der Waals surface area (Å²) in [5.74, 6) is 0.102. The van der Waals surface area contributed by atoms with Crippen molar-refractivity contribution in [3.05, 3.63) is 40.9 Å². The fraction of sp³-hybridized carbons (Fsp3) is 0.545. The molecule has 152 valence electrons. The fourth-order valence-electron chi connectivity index (χ4n) is 4.11. The van der Waals surface area contributed by atoms with Crippen LogP contribution in [0, 0.1) is 11.8 Å². The van der Waals surface area contributed by atoms with E-state index in [1.165, 1.54) is 6.92 Å². The summed E-state index contributed by atoms with van der Waals surface area (Å²) in [5, 5.41) is 9.72. The summed E-state index contributed by atoms with van der Waals surface area (Å²) in [7, 11) is 0. The molecule has 1 aromatic rings. The van der Waals surface area contributed by atoms with Crippen LogP contribution in [0.3, 0.4) is 0 Å². The number of hydrogen-bond donors (Lipinski definition) is 1. The number of carbonyl (C=O) groups excluding carboxylic acids is 2. The van der Waals surface area contributed by atoms with E-state index in [1.807, 2.05) is 26.0 Å².